The first-order valence-corrected chi connectivity index (χ1v) is 11.7. The predicted octanol–water partition coefficient (Wildman–Crippen LogP) is 5.57. The maximum atomic E-state index is 13.1. The van der Waals surface area contributed by atoms with Gasteiger partial charge in [-0.2, -0.15) is 0 Å². The lowest BCUT2D eigenvalue weighted by Gasteiger charge is -2.09. The number of aromatic nitrogens is 2. The summed E-state index contributed by atoms with van der Waals surface area (Å²) in [5.74, 6) is 0. The fraction of sp³-hybridized carbons (Fsp3) is 0.250. The van der Waals surface area contributed by atoms with Gasteiger partial charge in [0.25, 0.3) is 5.56 Å². The van der Waals surface area contributed by atoms with E-state index in [1.807, 2.05) is 54.6 Å². The van der Waals surface area contributed by atoms with Crippen molar-refractivity contribution >= 4 is 38.8 Å². The van der Waals surface area contributed by atoms with Gasteiger partial charge in [0.05, 0.1) is 11.2 Å². The Labute approximate surface area is 190 Å². The highest BCUT2D eigenvalue weighted by atomic mass is 35.5. The highest BCUT2D eigenvalue weighted by Gasteiger charge is 2.11. The summed E-state index contributed by atoms with van der Waals surface area (Å²) in [6.07, 6.45) is 4.01. The van der Waals surface area contributed by atoms with Crippen molar-refractivity contribution in [3.05, 3.63) is 76.3 Å². The van der Waals surface area contributed by atoms with Gasteiger partial charge in [-0.05, 0) is 61.0 Å². The maximum absolute atomic E-state index is 13.1. The number of fused-ring (bicyclic) bond motifs is 1. The molecule has 7 heteroatoms. The van der Waals surface area contributed by atoms with Crippen molar-refractivity contribution in [3.8, 4) is 16.1 Å². The number of thiophene rings is 1. The van der Waals surface area contributed by atoms with Crippen LogP contribution in [0, 0.1) is 0 Å². The number of unbranched alkanes of at least 4 members (excludes halogenated alkanes) is 1. The number of benzene rings is 2. The fourth-order valence-corrected chi connectivity index (χ4v) is 4.49. The molecule has 0 unspecified atom stereocenters. The van der Waals surface area contributed by atoms with Crippen LogP contribution in [0.5, 0.6) is 0 Å². The topological polar surface area (TPSA) is 58.9 Å². The van der Waals surface area contributed by atoms with Gasteiger partial charge < -0.3 is 10.6 Å². The minimum absolute atomic E-state index is 0.0592. The highest BCUT2D eigenvalue weighted by Crippen LogP contribution is 2.31. The molecule has 5 nitrogen and oxygen atoms in total. The van der Waals surface area contributed by atoms with Gasteiger partial charge in [-0.25, -0.2) is 4.98 Å². The number of halogens is 1. The predicted molar refractivity (Wildman–Crippen MR) is 132 cm³/mol. The first-order chi connectivity index (χ1) is 15.2. The third-order valence-corrected chi connectivity index (χ3v) is 6.46. The minimum atomic E-state index is -0.0592. The summed E-state index contributed by atoms with van der Waals surface area (Å²) in [4.78, 5) is 18.6. The zero-order chi connectivity index (χ0) is 21.6. The molecule has 2 N–H and O–H groups in total. The molecule has 2 aromatic heterocycles. The number of hydrogen-bond acceptors (Lipinski definition) is 5. The Morgan fingerprint density at radius 3 is 2.55 bits per heavy atom. The molecule has 0 amide bonds. The Balaban J connectivity index is 1.49. The quantitative estimate of drug-likeness (QED) is 0.326. The van der Waals surface area contributed by atoms with E-state index in [9.17, 15) is 4.79 Å². The fourth-order valence-electron chi connectivity index (χ4n) is 3.31. The van der Waals surface area contributed by atoms with Gasteiger partial charge in [0.2, 0.25) is 0 Å². The average Bonchev–Trinajstić information content (AvgIpc) is 3.23. The standard InChI is InChI=1S/C24H25ClN4OS/c1-2-3-12-26-13-14-27-19-8-10-20(11-9-19)29-16-28-21-15-22(31-23(21)24(29)30)17-4-6-18(25)7-5-17/h4-11,15-16,26-27H,2-3,12-14H2,1H3. The number of hydrogen-bond donors (Lipinski definition) is 2. The molecule has 0 saturated carbocycles. The average molecular weight is 453 g/mol. The van der Waals surface area contributed by atoms with Crippen LogP contribution in [0.1, 0.15) is 19.8 Å². The van der Waals surface area contributed by atoms with Crippen LogP contribution in [0.2, 0.25) is 5.02 Å². The third-order valence-electron chi connectivity index (χ3n) is 5.05. The molecule has 0 fully saturated rings. The van der Waals surface area contributed by atoms with Crippen LogP contribution in [0.15, 0.2) is 65.7 Å². The normalized spacial score (nSPS) is 11.2. The summed E-state index contributed by atoms with van der Waals surface area (Å²) < 4.78 is 2.24. The summed E-state index contributed by atoms with van der Waals surface area (Å²) in [7, 11) is 0. The summed E-state index contributed by atoms with van der Waals surface area (Å²) in [5, 5.41) is 7.50. The molecule has 0 aliphatic rings. The second-order valence-electron chi connectivity index (χ2n) is 7.33. The minimum Gasteiger partial charge on any atom is -0.384 e. The van der Waals surface area contributed by atoms with Crippen molar-refractivity contribution in [2.24, 2.45) is 0 Å². The molecule has 0 bridgehead atoms. The lowest BCUT2D eigenvalue weighted by Crippen LogP contribution is -2.23. The van der Waals surface area contributed by atoms with Crippen LogP contribution >= 0.6 is 22.9 Å². The van der Waals surface area contributed by atoms with Gasteiger partial charge in [-0.1, -0.05) is 37.1 Å². The molecule has 0 atom stereocenters. The first kappa shape index (κ1) is 21.6. The van der Waals surface area contributed by atoms with Crippen LogP contribution < -0.4 is 16.2 Å². The molecule has 0 radical (unpaired) electrons. The molecule has 0 aliphatic carbocycles. The van der Waals surface area contributed by atoms with E-state index in [2.05, 4.69) is 22.5 Å². The van der Waals surface area contributed by atoms with E-state index in [4.69, 9.17) is 11.6 Å². The van der Waals surface area contributed by atoms with Crippen LogP contribution in [0.4, 0.5) is 5.69 Å². The molecule has 4 rings (SSSR count). The Bertz CT molecular complexity index is 1200. The molecule has 0 aliphatic heterocycles. The number of nitrogens with zero attached hydrogens (tertiary/aromatic N) is 2. The largest absolute Gasteiger partial charge is 0.384 e. The molecular weight excluding hydrogens is 428 g/mol. The SMILES string of the molecule is CCCCNCCNc1ccc(-n2cnc3cc(-c4ccc(Cl)cc4)sc3c2=O)cc1. The second kappa shape index (κ2) is 10.1. The van der Waals surface area contributed by atoms with Crippen molar-refractivity contribution in [2.45, 2.75) is 19.8 Å². The zero-order valence-electron chi connectivity index (χ0n) is 17.4. The summed E-state index contributed by atoms with van der Waals surface area (Å²) in [5.41, 5.74) is 3.51. The van der Waals surface area contributed by atoms with Crippen molar-refractivity contribution < 1.29 is 0 Å². The van der Waals surface area contributed by atoms with E-state index < -0.39 is 0 Å². The molecule has 2 aromatic carbocycles. The van der Waals surface area contributed by atoms with Gasteiger partial charge in [-0.3, -0.25) is 9.36 Å². The maximum Gasteiger partial charge on any atom is 0.275 e. The Hall–Kier alpha value is -2.67. The smallest absolute Gasteiger partial charge is 0.275 e. The molecule has 0 saturated heterocycles. The number of nitrogens with one attached hydrogen (secondary N) is 2. The summed E-state index contributed by atoms with van der Waals surface area (Å²) in [6.45, 7) is 5.03. The lowest BCUT2D eigenvalue weighted by atomic mass is 10.2. The first-order valence-electron chi connectivity index (χ1n) is 10.5. The van der Waals surface area contributed by atoms with Gasteiger partial charge in [0.15, 0.2) is 0 Å². The van der Waals surface area contributed by atoms with E-state index in [1.54, 1.807) is 10.9 Å². The lowest BCUT2D eigenvalue weighted by molar-refractivity contribution is 0.652. The van der Waals surface area contributed by atoms with Crippen molar-refractivity contribution in [3.63, 3.8) is 0 Å². The molecular formula is C24H25ClN4OS. The van der Waals surface area contributed by atoms with E-state index in [-0.39, 0.29) is 5.56 Å². The third kappa shape index (κ3) is 5.15. The van der Waals surface area contributed by atoms with Gasteiger partial charge in [0.1, 0.15) is 11.0 Å². The van der Waals surface area contributed by atoms with Crippen LogP contribution in [0.3, 0.4) is 0 Å². The van der Waals surface area contributed by atoms with E-state index >= 15 is 0 Å². The Kier molecular flexibility index (Phi) is 7.02. The summed E-state index contributed by atoms with van der Waals surface area (Å²) >= 11 is 7.44. The van der Waals surface area contributed by atoms with Gasteiger partial charge >= 0.3 is 0 Å². The monoisotopic (exact) mass is 452 g/mol. The Morgan fingerprint density at radius 1 is 1.03 bits per heavy atom. The number of anilines is 1. The zero-order valence-corrected chi connectivity index (χ0v) is 19.0. The molecule has 160 valence electrons. The van der Waals surface area contributed by atoms with Crippen LogP contribution in [0.25, 0.3) is 26.3 Å². The van der Waals surface area contributed by atoms with E-state index in [0.717, 1.165) is 41.4 Å². The molecule has 4 aromatic rings. The molecule has 2 heterocycles. The van der Waals surface area contributed by atoms with Gasteiger partial charge in [-0.15, -0.1) is 11.3 Å². The van der Waals surface area contributed by atoms with Crippen molar-refractivity contribution in [1.29, 1.82) is 0 Å². The van der Waals surface area contributed by atoms with Crippen molar-refractivity contribution in [1.82, 2.24) is 14.9 Å². The van der Waals surface area contributed by atoms with Crippen molar-refractivity contribution in [2.75, 3.05) is 25.0 Å². The molecule has 0 spiro atoms. The van der Waals surface area contributed by atoms with Gasteiger partial charge in [0, 0.05) is 28.7 Å². The number of rotatable bonds is 9. The highest BCUT2D eigenvalue weighted by molar-refractivity contribution is 7.22. The second-order valence-corrected chi connectivity index (χ2v) is 8.82. The van der Waals surface area contributed by atoms with E-state index in [0.29, 0.717) is 15.2 Å². The molecule has 31 heavy (non-hydrogen) atoms. The van der Waals surface area contributed by atoms with Crippen LogP contribution in [-0.2, 0) is 0 Å². The summed E-state index contributed by atoms with van der Waals surface area (Å²) in [6, 6.07) is 17.4. The van der Waals surface area contributed by atoms with Crippen LogP contribution in [-0.4, -0.2) is 29.2 Å². The Morgan fingerprint density at radius 2 is 1.81 bits per heavy atom. The van der Waals surface area contributed by atoms with E-state index in [1.165, 1.54) is 24.2 Å².